The standard InChI is InChI=1S/C27H28FNO7S.C23H22FNO6S/c1-4-23(31)26-21-13-20(16-5-6-16)22(14-24(21)36-27(26)17-7-9-18(28)10-8-17)29(37(3,33)34)15-19(30)11-12-25(32)35-2;1-3-19(26)22-17-10-16(13-4-5-13)18(25(12-21(27)28)32(2,29)30)11-20(17)31-23(22)14-6-8-15(24)9-7-14/h7-10,13-14,16H,4-6,11-12,15H2,1-3H3;6-11,13H,3-5,12H2,1-2H3,(H,27,28). The van der Waals surface area contributed by atoms with E-state index in [0.717, 1.165) is 46.8 Å². The summed E-state index contributed by atoms with van der Waals surface area (Å²) in [5.41, 5.74) is 4.20. The molecule has 4 aromatic carbocycles. The Balaban J connectivity index is 0.000000206. The maximum Gasteiger partial charge on any atom is 0.324 e. The molecule has 2 aliphatic rings. The van der Waals surface area contributed by atoms with Gasteiger partial charge in [0.1, 0.15) is 40.9 Å². The molecule has 0 atom stereocenters. The van der Waals surface area contributed by atoms with Crippen molar-refractivity contribution < 1.29 is 68.3 Å². The number of halogens is 2. The number of carbonyl (C=O) groups is 5. The van der Waals surface area contributed by atoms with Crippen molar-refractivity contribution in [3.63, 3.8) is 0 Å². The molecule has 0 aliphatic heterocycles. The number of furan rings is 2. The maximum absolute atomic E-state index is 13.5. The average molecular weight is 989 g/mol. The van der Waals surface area contributed by atoms with Crippen LogP contribution >= 0.6 is 0 Å². The fourth-order valence-electron chi connectivity index (χ4n) is 8.16. The van der Waals surface area contributed by atoms with Crippen LogP contribution < -0.4 is 8.61 Å². The molecule has 0 bridgehead atoms. The Kier molecular flexibility index (Phi) is 14.6. The molecule has 2 aromatic heterocycles. The molecule has 6 aromatic rings. The highest BCUT2D eigenvalue weighted by molar-refractivity contribution is 7.92. The van der Waals surface area contributed by atoms with Crippen molar-refractivity contribution >= 4 is 82.6 Å². The predicted molar refractivity (Wildman–Crippen MR) is 255 cm³/mol. The van der Waals surface area contributed by atoms with Gasteiger partial charge in [0.05, 0.1) is 55.1 Å². The van der Waals surface area contributed by atoms with Crippen LogP contribution in [0.15, 0.2) is 81.6 Å². The highest BCUT2D eigenvalue weighted by Crippen LogP contribution is 2.50. The molecule has 2 fully saturated rings. The molecule has 364 valence electrons. The fraction of sp³-hybridized carbons (Fsp3) is 0.340. The third kappa shape index (κ3) is 11.3. The minimum Gasteiger partial charge on any atom is -0.480 e. The van der Waals surface area contributed by atoms with Crippen molar-refractivity contribution in [1.82, 2.24) is 0 Å². The number of rotatable bonds is 19. The van der Waals surface area contributed by atoms with E-state index in [-0.39, 0.29) is 77.5 Å². The minimum absolute atomic E-state index is 0.0706. The van der Waals surface area contributed by atoms with Crippen LogP contribution in [0.25, 0.3) is 44.6 Å². The number of ether oxygens (including phenoxy) is 1. The number of benzene rings is 4. The van der Waals surface area contributed by atoms with Gasteiger partial charge in [-0.25, -0.2) is 25.6 Å². The molecule has 0 spiro atoms. The number of carboxylic acids is 1. The number of anilines is 2. The van der Waals surface area contributed by atoms with Crippen LogP contribution in [0.1, 0.15) is 109 Å². The second kappa shape index (κ2) is 20.1. The van der Waals surface area contributed by atoms with Crippen LogP contribution in [-0.2, 0) is 39.2 Å². The lowest BCUT2D eigenvalue weighted by atomic mass is 9.97. The largest absolute Gasteiger partial charge is 0.480 e. The summed E-state index contributed by atoms with van der Waals surface area (Å²) >= 11 is 0. The molecule has 1 N–H and O–H groups in total. The summed E-state index contributed by atoms with van der Waals surface area (Å²) in [5, 5.41) is 10.4. The summed E-state index contributed by atoms with van der Waals surface area (Å²) in [6.07, 6.45) is 5.44. The van der Waals surface area contributed by atoms with E-state index < -0.39 is 62.5 Å². The van der Waals surface area contributed by atoms with E-state index in [4.69, 9.17) is 8.83 Å². The number of nitrogens with zero attached hydrogens (tertiary/aromatic N) is 2. The number of aliphatic carboxylic acids is 1. The number of carbonyl (C=O) groups excluding carboxylic acids is 4. The summed E-state index contributed by atoms with van der Waals surface area (Å²) in [6, 6.07) is 17.7. The van der Waals surface area contributed by atoms with Gasteiger partial charge in [-0.1, -0.05) is 13.8 Å². The number of carboxylic acid groups (broad SMARTS) is 1. The molecular weight excluding hydrogens is 939 g/mol. The zero-order valence-corrected chi connectivity index (χ0v) is 40.1. The van der Waals surface area contributed by atoms with Crippen LogP contribution in [0.3, 0.4) is 0 Å². The molecule has 2 aliphatic carbocycles. The minimum atomic E-state index is -3.89. The first-order valence-corrected chi connectivity index (χ1v) is 25.9. The Hall–Kier alpha value is -6.73. The SMILES string of the molecule is CCC(=O)c1c(-c2ccc(F)cc2)oc2cc(N(CC(=O)CCC(=O)OC)S(C)(=O)=O)c(C3CC3)cc12.CCC(=O)c1c(-c2ccc(F)cc2)oc2cc(N(CC(=O)O)S(C)(=O)=O)c(C3CC3)cc12. The first-order chi connectivity index (χ1) is 32.6. The summed E-state index contributed by atoms with van der Waals surface area (Å²) in [7, 11) is -6.56. The number of fused-ring (bicyclic) bond motifs is 2. The van der Waals surface area contributed by atoms with Crippen molar-refractivity contribution in [2.24, 2.45) is 0 Å². The average Bonchev–Trinajstić information content (AvgIpc) is 4.26. The molecule has 0 radical (unpaired) electrons. The van der Waals surface area contributed by atoms with Crippen molar-refractivity contribution in [3.05, 3.63) is 107 Å². The molecule has 8 rings (SSSR count). The number of ketones is 3. The quantitative estimate of drug-likeness (QED) is 0.0592. The van der Waals surface area contributed by atoms with Crippen molar-refractivity contribution in [2.45, 2.75) is 77.0 Å². The van der Waals surface area contributed by atoms with E-state index in [1.807, 2.05) is 0 Å². The summed E-state index contributed by atoms with van der Waals surface area (Å²) in [4.78, 5) is 61.3. The Bertz CT molecular complexity index is 3230. The lowest BCUT2D eigenvalue weighted by Gasteiger charge is -2.24. The molecule has 15 nitrogen and oxygen atoms in total. The van der Waals surface area contributed by atoms with Crippen LogP contribution in [0.4, 0.5) is 20.2 Å². The number of methoxy groups -OCH3 is 1. The van der Waals surface area contributed by atoms with Gasteiger partial charge in [-0.3, -0.25) is 32.6 Å². The highest BCUT2D eigenvalue weighted by Gasteiger charge is 2.36. The van der Waals surface area contributed by atoms with Gasteiger partial charge in [0.15, 0.2) is 17.3 Å². The van der Waals surface area contributed by atoms with Gasteiger partial charge in [0.25, 0.3) is 0 Å². The van der Waals surface area contributed by atoms with Gasteiger partial charge in [-0.05, 0) is 109 Å². The summed E-state index contributed by atoms with van der Waals surface area (Å²) < 4.78 is 96.0. The zero-order valence-electron chi connectivity index (χ0n) is 38.5. The van der Waals surface area contributed by atoms with Gasteiger partial charge in [-0.2, -0.15) is 0 Å². The van der Waals surface area contributed by atoms with E-state index in [0.29, 0.717) is 49.8 Å². The van der Waals surface area contributed by atoms with E-state index >= 15 is 0 Å². The van der Waals surface area contributed by atoms with Crippen LogP contribution in [0, 0.1) is 11.6 Å². The fourth-order valence-corrected chi connectivity index (χ4v) is 9.91. The molecule has 69 heavy (non-hydrogen) atoms. The predicted octanol–water partition coefficient (Wildman–Crippen LogP) is 9.56. The first kappa shape index (κ1) is 50.2. The third-order valence-electron chi connectivity index (χ3n) is 11.9. The Morgan fingerprint density at radius 1 is 0.638 bits per heavy atom. The Labute approximate surface area is 397 Å². The van der Waals surface area contributed by atoms with E-state index in [9.17, 15) is 54.7 Å². The molecule has 0 saturated heterocycles. The monoisotopic (exact) mass is 988 g/mol. The van der Waals surface area contributed by atoms with Gasteiger partial charge in [0, 0.05) is 53.3 Å². The summed E-state index contributed by atoms with van der Waals surface area (Å²) in [6.45, 7) is 2.28. The van der Waals surface area contributed by atoms with Gasteiger partial charge >= 0.3 is 11.9 Å². The molecule has 2 saturated carbocycles. The normalized spacial score (nSPS) is 13.7. The number of sulfonamides is 2. The van der Waals surface area contributed by atoms with E-state index in [1.54, 1.807) is 32.0 Å². The third-order valence-corrected chi connectivity index (χ3v) is 14.1. The van der Waals surface area contributed by atoms with Gasteiger partial charge in [-0.15, -0.1) is 0 Å². The number of hydrogen-bond donors (Lipinski definition) is 1. The van der Waals surface area contributed by atoms with E-state index in [1.165, 1.54) is 61.7 Å². The van der Waals surface area contributed by atoms with Crippen LogP contribution in [-0.4, -0.2) is 83.9 Å². The molecule has 0 unspecified atom stereocenters. The maximum atomic E-state index is 13.5. The van der Waals surface area contributed by atoms with E-state index in [2.05, 4.69) is 4.74 Å². The lowest BCUT2D eigenvalue weighted by Crippen LogP contribution is -2.35. The molecule has 2 heterocycles. The number of hydrogen-bond acceptors (Lipinski definition) is 12. The second-order valence-corrected chi connectivity index (χ2v) is 20.9. The zero-order chi connectivity index (χ0) is 50.1. The molecule has 0 amide bonds. The highest BCUT2D eigenvalue weighted by atomic mass is 32.2. The van der Waals surface area contributed by atoms with Crippen LogP contribution in [0.2, 0.25) is 0 Å². The van der Waals surface area contributed by atoms with Crippen molar-refractivity contribution in [2.75, 3.05) is 41.3 Å². The second-order valence-electron chi connectivity index (χ2n) is 17.1. The first-order valence-electron chi connectivity index (χ1n) is 22.2. The van der Waals surface area contributed by atoms with Gasteiger partial charge < -0.3 is 18.7 Å². The van der Waals surface area contributed by atoms with Crippen molar-refractivity contribution in [3.8, 4) is 22.6 Å². The smallest absolute Gasteiger partial charge is 0.324 e. The van der Waals surface area contributed by atoms with Gasteiger partial charge in [0.2, 0.25) is 20.0 Å². The lowest BCUT2D eigenvalue weighted by molar-refractivity contribution is -0.141. The van der Waals surface area contributed by atoms with Crippen molar-refractivity contribution in [1.29, 1.82) is 0 Å². The molecular formula is C50H50F2N2O13S2. The number of esters is 1. The Morgan fingerprint density at radius 2 is 1.03 bits per heavy atom. The number of Topliss-reactive ketones (excluding diaryl/α,β-unsaturated/α-hetero) is 3. The van der Waals surface area contributed by atoms with Crippen LogP contribution in [0.5, 0.6) is 0 Å². The topological polar surface area (TPSA) is 216 Å². The molecule has 19 heteroatoms. The summed E-state index contributed by atoms with van der Waals surface area (Å²) in [5.74, 6) is -2.77. The Morgan fingerprint density at radius 3 is 1.36 bits per heavy atom.